The number of fused-ring (bicyclic) bond motifs is 2. The van der Waals surface area contributed by atoms with E-state index in [2.05, 4.69) is 24.1 Å². The minimum absolute atomic E-state index is 0. The van der Waals surface area contributed by atoms with Crippen LogP contribution in [-0.2, 0) is 12.8 Å². The molecule has 4 nitrogen and oxygen atoms in total. The zero-order valence-corrected chi connectivity index (χ0v) is 17.2. The van der Waals surface area contributed by atoms with Gasteiger partial charge in [0.2, 0.25) is 0 Å². The topological polar surface area (TPSA) is 63.9 Å². The second-order valence-electron chi connectivity index (χ2n) is 7.56. The van der Waals surface area contributed by atoms with Gasteiger partial charge in [0.1, 0.15) is 5.75 Å². The third-order valence-corrected chi connectivity index (χ3v) is 5.99. The van der Waals surface area contributed by atoms with Crippen molar-refractivity contribution in [3.8, 4) is 39.5 Å². The van der Waals surface area contributed by atoms with E-state index in [1.165, 1.54) is 11.1 Å². The van der Waals surface area contributed by atoms with Gasteiger partial charge in [-0.3, -0.25) is 4.90 Å². The summed E-state index contributed by atoms with van der Waals surface area (Å²) < 4.78 is 0. The van der Waals surface area contributed by atoms with E-state index in [1.54, 1.807) is 18.2 Å². The summed E-state index contributed by atoms with van der Waals surface area (Å²) in [5.74, 6) is 0.122. The highest BCUT2D eigenvalue weighted by atomic mass is 79.9. The number of hydrogen-bond acceptors (Lipinski definition) is 4. The quantitative estimate of drug-likeness (QED) is 0.476. The summed E-state index contributed by atoms with van der Waals surface area (Å²) in [6, 6.07) is 15.3. The lowest BCUT2D eigenvalue weighted by atomic mass is 9.75. The van der Waals surface area contributed by atoms with Gasteiger partial charge in [-0.25, -0.2) is 0 Å². The molecule has 1 aliphatic carbocycles. The molecule has 3 aromatic carbocycles. The number of benzene rings is 3. The van der Waals surface area contributed by atoms with Crippen molar-refractivity contribution in [2.24, 2.45) is 0 Å². The van der Waals surface area contributed by atoms with Gasteiger partial charge in [0, 0.05) is 18.2 Å². The second-order valence-corrected chi connectivity index (χ2v) is 7.56. The molecular formula is C23H22BrNO3. The van der Waals surface area contributed by atoms with Gasteiger partial charge in [0.05, 0.1) is 0 Å². The third-order valence-electron chi connectivity index (χ3n) is 5.99. The van der Waals surface area contributed by atoms with Crippen LogP contribution in [0.3, 0.4) is 0 Å². The van der Waals surface area contributed by atoms with Crippen molar-refractivity contribution < 1.29 is 15.3 Å². The predicted molar refractivity (Wildman–Crippen MR) is 115 cm³/mol. The molecule has 0 saturated heterocycles. The third kappa shape index (κ3) is 2.77. The number of phenolic OH excluding ortho intramolecular Hbond substituents is 3. The van der Waals surface area contributed by atoms with Crippen molar-refractivity contribution in [1.82, 2.24) is 4.90 Å². The predicted octanol–water partition coefficient (Wildman–Crippen LogP) is 4.80. The average molecular weight is 440 g/mol. The van der Waals surface area contributed by atoms with E-state index in [4.69, 9.17) is 0 Å². The van der Waals surface area contributed by atoms with E-state index in [1.807, 2.05) is 18.2 Å². The zero-order valence-electron chi connectivity index (χ0n) is 15.5. The van der Waals surface area contributed by atoms with Crippen molar-refractivity contribution in [2.75, 3.05) is 13.6 Å². The summed E-state index contributed by atoms with van der Waals surface area (Å²) in [6.45, 7) is 0.996. The number of aromatic hydroxyl groups is 3. The molecule has 144 valence electrons. The first-order chi connectivity index (χ1) is 13.0. The van der Waals surface area contributed by atoms with E-state index in [9.17, 15) is 15.3 Å². The minimum atomic E-state index is -0.0832. The maximum Gasteiger partial charge on any atom is 0.165 e. The molecule has 3 N–H and O–H groups in total. The molecule has 5 heteroatoms. The smallest absolute Gasteiger partial charge is 0.165 e. The molecule has 0 bridgehead atoms. The van der Waals surface area contributed by atoms with Gasteiger partial charge in [0.15, 0.2) is 11.5 Å². The maximum absolute atomic E-state index is 10.6. The maximum atomic E-state index is 10.6. The van der Waals surface area contributed by atoms with Crippen molar-refractivity contribution in [2.45, 2.75) is 18.9 Å². The normalized spacial score (nSPS) is 17.4. The largest absolute Gasteiger partial charge is 0.508 e. The van der Waals surface area contributed by atoms with Crippen molar-refractivity contribution in [1.29, 1.82) is 0 Å². The number of phenols is 3. The second kappa shape index (κ2) is 6.83. The van der Waals surface area contributed by atoms with Crippen LogP contribution in [0.15, 0.2) is 48.5 Å². The van der Waals surface area contributed by atoms with Gasteiger partial charge >= 0.3 is 0 Å². The fourth-order valence-corrected chi connectivity index (χ4v) is 4.57. The molecule has 0 fully saturated rings. The highest BCUT2D eigenvalue weighted by Gasteiger charge is 2.34. The Morgan fingerprint density at radius 1 is 0.893 bits per heavy atom. The number of rotatable bonds is 1. The zero-order chi connectivity index (χ0) is 18.7. The molecule has 1 atom stereocenters. The van der Waals surface area contributed by atoms with Gasteiger partial charge in [-0.05, 0) is 77.5 Å². The first-order valence-electron chi connectivity index (χ1n) is 9.23. The number of halogens is 1. The summed E-state index contributed by atoms with van der Waals surface area (Å²) in [5.41, 5.74) is 7.45. The van der Waals surface area contributed by atoms with E-state index >= 15 is 0 Å². The monoisotopic (exact) mass is 439 g/mol. The Morgan fingerprint density at radius 3 is 2.39 bits per heavy atom. The molecule has 5 rings (SSSR count). The SMILES string of the molecule is Br.CN1CCc2cc(-c3ccc(O)cc3)cc3c2[C@H]1Cc1ccc(O)c(O)c1-3. The van der Waals surface area contributed by atoms with Crippen LogP contribution >= 0.6 is 17.0 Å². The van der Waals surface area contributed by atoms with Crippen LogP contribution in [-0.4, -0.2) is 33.8 Å². The number of hydrogen-bond donors (Lipinski definition) is 3. The fraction of sp³-hybridized carbons (Fsp3) is 0.217. The lowest BCUT2D eigenvalue weighted by Gasteiger charge is -2.40. The lowest BCUT2D eigenvalue weighted by molar-refractivity contribution is 0.228. The van der Waals surface area contributed by atoms with Gasteiger partial charge in [-0.15, -0.1) is 17.0 Å². The Bertz CT molecular complexity index is 1060. The molecule has 0 amide bonds. The molecule has 0 spiro atoms. The minimum Gasteiger partial charge on any atom is -0.508 e. The van der Waals surface area contributed by atoms with Crippen LogP contribution in [0.4, 0.5) is 0 Å². The molecule has 28 heavy (non-hydrogen) atoms. The molecular weight excluding hydrogens is 418 g/mol. The van der Waals surface area contributed by atoms with Crippen LogP contribution in [0.25, 0.3) is 22.3 Å². The standard InChI is InChI=1S/C23H21NO3.BrH/c1-24-9-8-15-10-16(13-2-5-17(25)6-3-13)11-18-21(15)19(24)12-14-4-7-20(26)23(27)22(14)18;/h2-7,10-11,19,25-27H,8-9,12H2,1H3;1H/t19-;/m1./s1. The Morgan fingerprint density at radius 2 is 1.64 bits per heavy atom. The Hall–Kier alpha value is -2.50. The van der Waals surface area contributed by atoms with E-state index in [0.717, 1.165) is 47.2 Å². The summed E-state index contributed by atoms with van der Waals surface area (Å²) >= 11 is 0. The van der Waals surface area contributed by atoms with Gasteiger partial charge in [-0.1, -0.05) is 24.3 Å². The number of likely N-dealkylation sites (N-methyl/N-ethyl adjacent to an activating group) is 1. The highest BCUT2D eigenvalue weighted by molar-refractivity contribution is 8.93. The molecule has 3 aromatic rings. The molecule has 0 saturated carbocycles. The van der Waals surface area contributed by atoms with Gasteiger partial charge < -0.3 is 15.3 Å². The first kappa shape index (κ1) is 18.8. The summed E-state index contributed by atoms with van der Waals surface area (Å²) in [7, 11) is 2.15. The number of nitrogens with zero attached hydrogens (tertiary/aromatic N) is 1. The lowest BCUT2D eigenvalue weighted by Crippen LogP contribution is -2.35. The molecule has 1 aliphatic heterocycles. The fourth-order valence-electron chi connectivity index (χ4n) is 4.57. The van der Waals surface area contributed by atoms with E-state index in [-0.39, 0.29) is 40.3 Å². The van der Waals surface area contributed by atoms with E-state index in [0.29, 0.717) is 0 Å². The van der Waals surface area contributed by atoms with Crippen LogP contribution < -0.4 is 0 Å². The highest BCUT2D eigenvalue weighted by Crippen LogP contribution is 2.51. The van der Waals surface area contributed by atoms with Crippen molar-refractivity contribution in [3.63, 3.8) is 0 Å². The Labute approximate surface area is 174 Å². The summed E-state index contributed by atoms with van der Waals surface area (Å²) in [4.78, 5) is 2.37. The van der Waals surface area contributed by atoms with Crippen LogP contribution in [0, 0.1) is 0 Å². The van der Waals surface area contributed by atoms with Gasteiger partial charge in [-0.2, -0.15) is 0 Å². The first-order valence-corrected chi connectivity index (χ1v) is 9.23. The van der Waals surface area contributed by atoms with Crippen LogP contribution in [0.5, 0.6) is 17.2 Å². The van der Waals surface area contributed by atoms with Crippen molar-refractivity contribution >= 4 is 17.0 Å². The van der Waals surface area contributed by atoms with Gasteiger partial charge in [0.25, 0.3) is 0 Å². The molecule has 0 unspecified atom stereocenters. The summed E-state index contributed by atoms with van der Waals surface area (Å²) in [6.07, 6.45) is 1.79. The van der Waals surface area contributed by atoms with Crippen molar-refractivity contribution in [3.05, 3.63) is 65.2 Å². The summed E-state index contributed by atoms with van der Waals surface area (Å²) in [5, 5.41) is 30.3. The van der Waals surface area contributed by atoms with Crippen LogP contribution in [0.2, 0.25) is 0 Å². The van der Waals surface area contributed by atoms with E-state index < -0.39 is 0 Å². The van der Waals surface area contributed by atoms with Crippen LogP contribution in [0.1, 0.15) is 22.7 Å². The molecule has 0 radical (unpaired) electrons. The Balaban J connectivity index is 0.00000192. The Kier molecular flexibility index (Phi) is 4.60. The molecule has 2 aliphatic rings. The average Bonchev–Trinajstić information content (AvgIpc) is 2.67. The molecule has 0 aromatic heterocycles. The molecule has 1 heterocycles.